The second kappa shape index (κ2) is 6.01. The number of ether oxygens (including phenoxy) is 1. The second-order valence-electron chi connectivity index (χ2n) is 5.18. The van der Waals surface area contributed by atoms with Gasteiger partial charge < -0.3 is 10.1 Å². The third kappa shape index (κ3) is 3.10. The van der Waals surface area contributed by atoms with E-state index in [4.69, 9.17) is 4.74 Å². The summed E-state index contributed by atoms with van der Waals surface area (Å²) in [6.07, 6.45) is 3.40. The van der Waals surface area contributed by atoms with Crippen LogP contribution in [-0.2, 0) is 11.3 Å². The minimum absolute atomic E-state index is 0.0294. The first-order valence-corrected chi connectivity index (χ1v) is 6.58. The molecule has 2 rings (SSSR count). The molecule has 1 saturated carbocycles. The van der Waals surface area contributed by atoms with E-state index >= 15 is 0 Å². The molecule has 1 aliphatic carbocycles. The molecule has 0 heterocycles. The summed E-state index contributed by atoms with van der Waals surface area (Å²) in [6.45, 7) is 2.72. The molecule has 3 heteroatoms. The average molecular weight is 247 g/mol. The minimum atomic E-state index is 0.0294. The Kier molecular flexibility index (Phi) is 4.37. The molecule has 0 aromatic heterocycles. The highest BCUT2D eigenvalue weighted by atomic mass is 16.5. The highest BCUT2D eigenvalue weighted by molar-refractivity contribution is 5.95. The Hall–Kier alpha value is -1.35. The number of methoxy groups -OCH3 is 1. The van der Waals surface area contributed by atoms with Crippen molar-refractivity contribution in [3.63, 3.8) is 0 Å². The zero-order valence-electron chi connectivity index (χ0n) is 11.1. The van der Waals surface area contributed by atoms with Crippen LogP contribution < -0.4 is 5.32 Å². The molecular formula is C15H21NO2. The molecular weight excluding hydrogens is 226 g/mol. The number of nitrogens with one attached hydrogen (secondary N) is 1. The zero-order valence-corrected chi connectivity index (χ0v) is 11.1. The van der Waals surface area contributed by atoms with Crippen molar-refractivity contribution in [2.75, 3.05) is 7.11 Å². The largest absolute Gasteiger partial charge is 0.380 e. The van der Waals surface area contributed by atoms with Gasteiger partial charge in [0, 0.05) is 18.7 Å². The molecule has 1 fully saturated rings. The van der Waals surface area contributed by atoms with Crippen LogP contribution in [0.15, 0.2) is 24.3 Å². The molecule has 1 amide bonds. The van der Waals surface area contributed by atoms with Gasteiger partial charge in [-0.25, -0.2) is 0 Å². The van der Waals surface area contributed by atoms with Gasteiger partial charge in [-0.3, -0.25) is 4.79 Å². The smallest absolute Gasteiger partial charge is 0.251 e. The zero-order chi connectivity index (χ0) is 13.0. The van der Waals surface area contributed by atoms with Crippen LogP contribution in [-0.4, -0.2) is 19.1 Å². The van der Waals surface area contributed by atoms with Crippen LogP contribution in [0.5, 0.6) is 0 Å². The molecule has 0 saturated heterocycles. The summed E-state index contributed by atoms with van der Waals surface area (Å²) < 4.78 is 5.13. The van der Waals surface area contributed by atoms with Crippen molar-refractivity contribution in [3.05, 3.63) is 35.4 Å². The maximum Gasteiger partial charge on any atom is 0.251 e. The lowest BCUT2D eigenvalue weighted by Gasteiger charge is -2.14. The molecule has 1 N–H and O–H groups in total. The van der Waals surface area contributed by atoms with Gasteiger partial charge in [-0.05, 0) is 36.8 Å². The summed E-state index contributed by atoms with van der Waals surface area (Å²) >= 11 is 0. The van der Waals surface area contributed by atoms with E-state index in [1.807, 2.05) is 24.3 Å². The van der Waals surface area contributed by atoms with Crippen LogP contribution in [0.2, 0.25) is 0 Å². The summed E-state index contributed by atoms with van der Waals surface area (Å²) in [5.74, 6) is 0.756. The molecule has 3 nitrogen and oxygen atoms in total. The monoisotopic (exact) mass is 247 g/mol. The Morgan fingerprint density at radius 1 is 1.39 bits per heavy atom. The van der Waals surface area contributed by atoms with Gasteiger partial charge in [-0.15, -0.1) is 0 Å². The maximum atomic E-state index is 12.2. The lowest BCUT2D eigenvalue weighted by atomic mass is 10.1. The Morgan fingerprint density at radius 2 is 2.17 bits per heavy atom. The number of carbonyl (C=O) groups is 1. The molecule has 1 aromatic rings. The van der Waals surface area contributed by atoms with Gasteiger partial charge in [0.05, 0.1) is 6.61 Å². The van der Waals surface area contributed by atoms with Gasteiger partial charge in [-0.2, -0.15) is 0 Å². The van der Waals surface area contributed by atoms with Gasteiger partial charge in [-0.1, -0.05) is 25.1 Å². The number of benzene rings is 1. The van der Waals surface area contributed by atoms with E-state index in [2.05, 4.69) is 12.2 Å². The third-order valence-corrected chi connectivity index (χ3v) is 3.59. The van der Waals surface area contributed by atoms with Crippen molar-refractivity contribution in [1.29, 1.82) is 0 Å². The van der Waals surface area contributed by atoms with E-state index in [0.717, 1.165) is 29.9 Å². The fourth-order valence-electron chi connectivity index (χ4n) is 2.62. The first-order chi connectivity index (χ1) is 8.70. The van der Waals surface area contributed by atoms with Crippen LogP contribution >= 0.6 is 0 Å². The van der Waals surface area contributed by atoms with Crippen LogP contribution in [0.1, 0.15) is 42.1 Å². The van der Waals surface area contributed by atoms with Crippen LogP contribution in [0.4, 0.5) is 0 Å². The number of amides is 1. The Labute approximate surface area is 109 Å². The molecule has 1 aromatic carbocycles. The summed E-state index contributed by atoms with van der Waals surface area (Å²) in [4.78, 5) is 12.2. The number of hydrogen-bond acceptors (Lipinski definition) is 2. The highest BCUT2D eigenvalue weighted by Gasteiger charge is 2.23. The van der Waals surface area contributed by atoms with E-state index in [9.17, 15) is 4.79 Å². The van der Waals surface area contributed by atoms with Gasteiger partial charge in [0.1, 0.15) is 0 Å². The predicted molar refractivity (Wildman–Crippen MR) is 71.4 cm³/mol. The fourth-order valence-corrected chi connectivity index (χ4v) is 2.62. The van der Waals surface area contributed by atoms with Crippen LogP contribution in [0.25, 0.3) is 0 Å². The normalized spacial score (nSPS) is 23.0. The van der Waals surface area contributed by atoms with Crippen molar-refractivity contribution in [2.24, 2.45) is 5.92 Å². The molecule has 0 spiro atoms. The van der Waals surface area contributed by atoms with Gasteiger partial charge in [0.15, 0.2) is 0 Å². The summed E-state index contributed by atoms with van der Waals surface area (Å²) in [5, 5.41) is 3.13. The van der Waals surface area contributed by atoms with E-state index in [-0.39, 0.29) is 5.91 Å². The number of hydrogen-bond donors (Lipinski definition) is 1. The van der Waals surface area contributed by atoms with Crippen LogP contribution in [0.3, 0.4) is 0 Å². The first kappa shape index (κ1) is 13.1. The van der Waals surface area contributed by atoms with Gasteiger partial charge in [0.2, 0.25) is 0 Å². The predicted octanol–water partition coefficient (Wildman–Crippen LogP) is 2.75. The van der Waals surface area contributed by atoms with Crippen LogP contribution in [0, 0.1) is 5.92 Å². The van der Waals surface area contributed by atoms with Crippen molar-refractivity contribution < 1.29 is 9.53 Å². The van der Waals surface area contributed by atoms with Crippen molar-refractivity contribution in [2.45, 2.75) is 38.8 Å². The SMILES string of the molecule is COCc1ccccc1C(=O)NC1CCC(C)C1. The van der Waals surface area contributed by atoms with Gasteiger partial charge >= 0.3 is 0 Å². The molecule has 98 valence electrons. The van der Waals surface area contributed by atoms with Crippen molar-refractivity contribution in [3.8, 4) is 0 Å². The molecule has 18 heavy (non-hydrogen) atoms. The quantitative estimate of drug-likeness (QED) is 0.888. The van der Waals surface area contributed by atoms with E-state index in [1.165, 1.54) is 6.42 Å². The number of rotatable bonds is 4. The van der Waals surface area contributed by atoms with E-state index < -0.39 is 0 Å². The molecule has 0 aliphatic heterocycles. The highest BCUT2D eigenvalue weighted by Crippen LogP contribution is 2.25. The molecule has 1 aliphatic rings. The average Bonchev–Trinajstić information content (AvgIpc) is 2.76. The molecule has 0 radical (unpaired) electrons. The Balaban J connectivity index is 2.04. The third-order valence-electron chi connectivity index (χ3n) is 3.59. The summed E-state index contributed by atoms with van der Waals surface area (Å²) in [7, 11) is 1.65. The maximum absolute atomic E-state index is 12.2. The Morgan fingerprint density at radius 3 is 2.83 bits per heavy atom. The molecule has 2 atom stereocenters. The second-order valence-corrected chi connectivity index (χ2v) is 5.18. The lowest BCUT2D eigenvalue weighted by Crippen LogP contribution is -2.33. The first-order valence-electron chi connectivity index (χ1n) is 6.58. The van der Waals surface area contributed by atoms with Crippen molar-refractivity contribution >= 4 is 5.91 Å². The molecule has 2 unspecified atom stereocenters. The molecule has 0 bridgehead atoms. The summed E-state index contributed by atoms with van der Waals surface area (Å²) in [5.41, 5.74) is 1.68. The van der Waals surface area contributed by atoms with Crippen molar-refractivity contribution in [1.82, 2.24) is 5.32 Å². The van der Waals surface area contributed by atoms with E-state index in [0.29, 0.717) is 12.6 Å². The standard InChI is InChI=1S/C15H21NO2/c1-11-7-8-13(9-11)16-15(17)14-6-4-3-5-12(14)10-18-2/h3-6,11,13H,7-10H2,1-2H3,(H,16,17). The summed E-state index contributed by atoms with van der Waals surface area (Å²) in [6, 6.07) is 7.97. The van der Waals surface area contributed by atoms with E-state index in [1.54, 1.807) is 7.11 Å². The minimum Gasteiger partial charge on any atom is -0.380 e. The lowest BCUT2D eigenvalue weighted by molar-refractivity contribution is 0.0932. The Bertz CT molecular complexity index is 417. The topological polar surface area (TPSA) is 38.3 Å². The fraction of sp³-hybridized carbons (Fsp3) is 0.533. The van der Waals surface area contributed by atoms with Gasteiger partial charge in [0.25, 0.3) is 5.91 Å². The number of carbonyl (C=O) groups excluding carboxylic acids is 1.